The van der Waals surface area contributed by atoms with Gasteiger partial charge in [-0.25, -0.2) is 4.98 Å². The van der Waals surface area contributed by atoms with Gasteiger partial charge in [0.1, 0.15) is 11.4 Å². The molecule has 2 aromatic rings. The molecule has 3 N–H and O–H groups in total. The fourth-order valence-corrected chi connectivity index (χ4v) is 2.37. The predicted molar refractivity (Wildman–Crippen MR) is 75.9 cm³/mol. The Kier molecular flexibility index (Phi) is 4.38. The van der Waals surface area contributed by atoms with E-state index in [0.29, 0.717) is 13.0 Å². The Labute approximate surface area is 118 Å². The van der Waals surface area contributed by atoms with Crippen molar-refractivity contribution in [3.63, 3.8) is 0 Å². The summed E-state index contributed by atoms with van der Waals surface area (Å²) in [5, 5.41) is 15.7. The van der Waals surface area contributed by atoms with Crippen molar-refractivity contribution in [2.75, 3.05) is 11.9 Å². The van der Waals surface area contributed by atoms with E-state index in [1.54, 1.807) is 11.4 Å². The minimum absolute atomic E-state index is 0.149. The first-order chi connectivity index (χ1) is 9.61. The molecule has 0 aliphatic heterocycles. The molecule has 0 radical (unpaired) electrons. The number of nitrogens with zero attached hydrogens (tertiary/aromatic N) is 2. The zero-order valence-corrected chi connectivity index (χ0v) is 11.2. The number of nitro benzene ring substituents is 1. The van der Waals surface area contributed by atoms with Crippen LogP contribution in [0.5, 0.6) is 0 Å². The normalized spacial score (nSPS) is 10.2. The van der Waals surface area contributed by atoms with Crippen LogP contribution in [0.3, 0.4) is 0 Å². The third-order valence-electron chi connectivity index (χ3n) is 2.49. The van der Waals surface area contributed by atoms with E-state index in [1.165, 1.54) is 29.5 Å². The van der Waals surface area contributed by atoms with Crippen LogP contribution in [0.2, 0.25) is 0 Å². The molecule has 0 aliphatic rings. The van der Waals surface area contributed by atoms with Crippen LogP contribution < -0.4 is 11.1 Å². The van der Waals surface area contributed by atoms with Crippen LogP contribution >= 0.6 is 11.3 Å². The van der Waals surface area contributed by atoms with Crippen LogP contribution in [0.15, 0.2) is 29.6 Å². The van der Waals surface area contributed by atoms with Crippen LogP contribution in [-0.2, 0) is 6.42 Å². The minimum Gasteiger partial charge on any atom is -0.330 e. The highest BCUT2D eigenvalue weighted by Crippen LogP contribution is 2.24. The maximum absolute atomic E-state index is 12.0. The van der Waals surface area contributed by atoms with Gasteiger partial charge in [0.2, 0.25) is 0 Å². The van der Waals surface area contributed by atoms with E-state index in [0.717, 1.165) is 5.01 Å². The minimum atomic E-state index is -0.545. The van der Waals surface area contributed by atoms with E-state index in [4.69, 9.17) is 5.73 Å². The SMILES string of the molecule is NCCc1nc(C(=O)Nc2ccccc2[N+](=O)[O-])cs1. The number of hydrogen-bond acceptors (Lipinski definition) is 6. The number of anilines is 1. The van der Waals surface area contributed by atoms with Crippen molar-refractivity contribution in [2.45, 2.75) is 6.42 Å². The van der Waals surface area contributed by atoms with Gasteiger partial charge in [-0.1, -0.05) is 12.1 Å². The number of para-hydroxylation sites is 2. The summed E-state index contributed by atoms with van der Waals surface area (Å²) in [6.07, 6.45) is 0.601. The number of thiazole rings is 1. The van der Waals surface area contributed by atoms with E-state index in [-0.39, 0.29) is 17.1 Å². The van der Waals surface area contributed by atoms with E-state index in [9.17, 15) is 14.9 Å². The number of aromatic nitrogens is 1. The van der Waals surface area contributed by atoms with Crippen LogP contribution in [-0.4, -0.2) is 22.4 Å². The van der Waals surface area contributed by atoms with Crippen molar-refractivity contribution in [3.8, 4) is 0 Å². The number of amides is 1. The van der Waals surface area contributed by atoms with Crippen LogP contribution in [0, 0.1) is 10.1 Å². The lowest BCUT2D eigenvalue weighted by Gasteiger charge is -2.03. The molecule has 1 heterocycles. The molecule has 0 saturated heterocycles. The van der Waals surface area contributed by atoms with Crippen molar-refractivity contribution in [3.05, 3.63) is 50.5 Å². The van der Waals surface area contributed by atoms with Crippen molar-refractivity contribution < 1.29 is 9.72 Å². The molecule has 8 heteroatoms. The van der Waals surface area contributed by atoms with Crippen LogP contribution in [0.4, 0.5) is 11.4 Å². The molecule has 0 fully saturated rings. The number of nitrogens with one attached hydrogen (secondary N) is 1. The lowest BCUT2D eigenvalue weighted by molar-refractivity contribution is -0.383. The maximum Gasteiger partial charge on any atom is 0.292 e. The Bertz CT molecular complexity index is 641. The van der Waals surface area contributed by atoms with Gasteiger partial charge in [-0.15, -0.1) is 11.3 Å². The molecule has 0 atom stereocenters. The summed E-state index contributed by atoms with van der Waals surface area (Å²) in [6.45, 7) is 0.457. The topological polar surface area (TPSA) is 111 Å². The molecule has 2 rings (SSSR count). The summed E-state index contributed by atoms with van der Waals surface area (Å²) >= 11 is 1.34. The maximum atomic E-state index is 12.0. The number of nitro groups is 1. The Balaban J connectivity index is 2.17. The lowest BCUT2D eigenvalue weighted by Crippen LogP contribution is -2.13. The number of benzene rings is 1. The predicted octanol–water partition coefficient (Wildman–Crippen LogP) is 1.80. The first-order valence-electron chi connectivity index (χ1n) is 5.81. The average Bonchev–Trinajstić information content (AvgIpc) is 2.88. The first-order valence-corrected chi connectivity index (χ1v) is 6.69. The van der Waals surface area contributed by atoms with Gasteiger partial charge in [0.25, 0.3) is 11.6 Å². The van der Waals surface area contributed by atoms with Crippen molar-refractivity contribution in [1.82, 2.24) is 4.98 Å². The van der Waals surface area contributed by atoms with Crippen molar-refractivity contribution >= 4 is 28.6 Å². The van der Waals surface area contributed by atoms with Crippen LogP contribution in [0.1, 0.15) is 15.5 Å². The van der Waals surface area contributed by atoms with Gasteiger partial charge in [0.15, 0.2) is 0 Å². The quantitative estimate of drug-likeness (QED) is 0.644. The molecule has 7 nitrogen and oxygen atoms in total. The Hall–Kier alpha value is -2.32. The largest absolute Gasteiger partial charge is 0.330 e. The molecule has 0 saturated carbocycles. The molecular weight excluding hydrogens is 280 g/mol. The van der Waals surface area contributed by atoms with Gasteiger partial charge in [-0.05, 0) is 12.6 Å². The molecular formula is C12H12N4O3S. The highest BCUT2D eigenvalue weighted by atomic mass is 32.1. The third kappa shape index (κ3) is 3.16. The summed E-state index contributed by atoms with van der Waals surface area (Å²) in [4.78, 5) is 26.4. The molecule has 1 aromatic heterocycles. The summed E-state index contributed by atoms with van der Waals surface area (Å²) in [7, 11) is 0. The molecule has 20 heavy (non-hydrogen) atoms. The fraction of sp³-hybridized carbons (Fsp3) is 0.167. The Morgan fingerprint density at radius 3 is 2.90 bits per heavy atom. The average molecular weight is 292 g/mol. The van der Waals surface area contributed by atoms with Gasteiger partial charge in [0.05, 0.1) is 9.93 Å². The molecule has 0 unspecified atom stereocenters. The molecule has 104 valence electrons. The second-order valence-corrected chi connectivity index (χ2v) is 4.84. The molecule has 1 aromatic carbocycles. The van der Waals surface area contributed by atoms with E-state index < -0.39 is 10.8 Å². The van der Waals surface area contributed by atoms with E-state index in [2.05, 4.69) is 10.3 Å². The van der Waals surface area contributed by atoms with Crippen LogP contribution in [0.25, 0.3) is 0 Å². The monoisotopic (exact) mass is 292 g/mol. The second kappa shape index (κ2) is 6.22. The zero-order chi connectivity index (χ0) is 14.5. The second-order valence-electron chi connectivity index (χ2n) is 3.89. The van der Waals surface area contributed by atoms with Crippen molar-refractivity contribution in [1.29, 1.82) is 0 Å². The summed E-state index contributed by atoms with van der Waals surface area (Å²) in [6, 6.07) is 5.96. The molecule has 0 spiro atoms. The standard InChI is InChI=1S/C12H12N4O3S/c13-6-5-11-14-9(7-20-11)12(17)15-8-3-1-2-4-10(8)16(18)19/h1-4,7H,5-6,13H2,(H,15,17). The van der Waals surface area contributed by atoms with E-state index >= 15 is 0 Å². The summed E-state index contributed by atoms with van der Waals surface area (Å²) in [5.41, 5.74) is 5.64. The lowest BCUT2D eigenvalue weighted by atomic mass is 10.2. The molecule has 0 aliphatic carbocycles. The number of nitrogens with two attached hydrogens (primary N) is 1. The van der Waals surface area contributed by atoms with Gasteiger partial charge >= 0.3 is 0 Å². The Morgan fingerprint density at radius 2 is 2.20 bits per heavy atom. The van der Waals surface area contributed by atoms with Gasteiger partial charge in [-0.3, -0.25) is 14.9 Å². The smallest absolute Gasteiger partial charge is 0.292 e. The van der Waals surface area contributed by atoms with Gasteiger partial charge in [0, 0.05) is 17.9 Å². The van der Waals surface area contributed by atoms with E-state index in [1.807, 2.05) is 0 Å². The fourth-order valence-electron chi connectivity index (χ4n) is 1.58. The number of hydrogen-bond donors (Lipinski definition) is 2. The van der Waals surface area contributed by atoms with Gasteiger partial charge in [-0.2, -0.15) is 0 Å². The number of rotatable bonds is 5. The molecule has 0 bridgehead atoms. The first kappa shape index (κ1) is 14.1. The summed E-state index contributed by atoms with van der Waals surface area (Å²) < 4.78 is 0. The Morgan fingerprint density at radius 1 is 1.45 bits per heavy atom. The van der Waals surface area contributed by atoms with Crippen molar-refractivity contribution in [2.24, 2.45) is 5.73 Å². The number of carbonyl (C=O) groups excluding carboxylic acids is 1. The van der Waals surface area contributed by atoms with Gasteiger partial charge < -0.3 is 11.1 Å². The molecule has 1 amide bonds. The third-order valence-corrected chi connectivity index (χ3v) is 3.40. The highest BCUT2D eigenvalue weighted by molar-refractivity contribution is 7.09. The summed E-state index contributed by atoms with van der Waals surface area (Å²) in [5.74, 6) is -0.473. The number of carbonyl (C=O) groups is 1. The zero-order valence-electron chi connectivity index (χ0n) is 10.4. The highest BCUT2D eigenvalue weighted by Gasteiger charge is 2.17.